The summed E-state index contributed by atoms with van der Waals surface area (Å²) in [6.45, 7) is 8.84. The Morgan fingerprint density at radius 3 is 1.62 bits per heavy atom. The van der Waals surface area contributed by atoms with Crippen molar-refractivity contribution in [3.05, 3.63) is 13.8 Å². The molecular formula is C8H14O4Y-2. The van der Waals surface area contributed by atoms with Crippen LogP contribution in [-0.2, 0) is 47.1 Å². The summed E-state index contributed by atoms with van der Waals surface area (Å²) in [5, 5.41) is 7.87. The number of carbonyl (C=O) groups excluding carboxylic acids is 2. The molecule has 0 aromatic heterocycles. The van der Waals surface area contributed by atoms with Crippen molar-refractivity contribution >= 4 is 12.1 Å². The van der Waals surface area contributed by atoms with Gasteiger partial charge in [0.1, 0.15) is 0 Å². The fourth-order valence-electron chi connectivity index (χ4n) is 0.151. The number of hydrogen-bond donors (Lipinski definition) is 1. The van der Waals surface area contributed by atoms with Crippen molar-refractivity contribution in [2.45, 2.75) is 26.2 Å². The molecule has 4 nitrogen and oxygen atoms in total. The average Bonchev–Trinajstić information content (AvgIpc) is 1.89. The van der Waals surface area contributed by atoms with E-state index in [9.17, 15) is 4.79 Å². The van der Waals surface area contributed by atoms with Crippen LogP contribution in [0.15, 0.2) is 0 Å². The molecule has 0 unspecified atom stereocenters. The predicted molar refractivity (Wildman–Crippen MR) is 42.9 cm³/mol. The van der Waals surface area contributed by atoms with Gasteiger partial charge in [0.2, 0.25) is 0 Å². The van der Waals surface area contributed by atoms with E-state index in [0.717, 1.165) is 6.42 Å². The maximum absolute atomic E-state index is 9.56. The van der Waals surface area contributed by atoms with Gasteiger partial charge < -0.3 is 19.0 Å². The summed E-state index contributed by atoms with van der Waals surface area (Å²) in [6, 6.07) is 0. The molecule has 1 radical (unpaired) electrons. The Balaban J connectivity index is -0.0000000501. The largest absolute Gasteiger partial charge is 0.481 e. The number of aliphatic carboxylic acids is 1. The molecule has 0 aromatic rings. The smallest absolute Gasteiger partial charge is 0.373 e. The minimum Gasteiger partial charge on any atom is -0.481 e. The second kappa shape index (κ2) is 29.7. The molecule has 75 valence electrons. The van der Waals surface area contributed by atoms with Gasteiger partial charge in [-0.2, -0.15) is 22.4 Å². The van der Waals surface area contributed by atoms with Crippen LogP contribution in [0.2, 0.25) is 0 Å². The molecule has 0 rings (SSSR count). The van der Waals surface area contributed by atoms with Crippen LogP contribution in [0.25, 0.3) is 0 Å². The quantitative estimate of drug-likeness (QED) is 0.763. The number of carboxylic acids is 1. The van der Waals surface area contributed by atoms with E-state index < -0.39 is 5.97 Å². The molecule has 0 spiro atoms. The fraction of sp³-hybridized carbons (Fsp3) is 0.500. The molecule has 0 aromatic carbocycles. The molecule has 0 fully saturated rings. The monoisotopic (exact) mass is 263 g/mol. The summed E-state index contributed by atoms with van der Waals surface area (Å²) in [5.41, 5.74) is 0. The molecule has 0 saturated heterocycles. The third-order valence-corrected chi connectivity index (χ3v) is 0.391. The SMILES string of the molecule is O=C=O.[CH2-]CC.[CH2-]CCC(=O)O.[Y]. The van der Waals surface area contributed by atoms with Crippen LogP contribution in [0.5, 0.6) is 0 Å². The van der Waals surface area contributed by atoms with E-state index in [1.807, 2.05) is 6.92 Å². The first-order chi connectivity index (χ1) is 5.60. The van der Waals surface area contributed by atoms with E-state index in [1.165, 1.54) is 0 Å². The van der Waals surface area contributed by atoms with E-state index >= 15 is 0 Å². The Hall–Kier alpha value is -0.0461. The first-order valence-electron chi connectivity index (χ1n) is 3.40. The topological polar surface area (TPSA) is 71.4 Å². The van der Waals surface area contributed by atoms with Gasteiger partial charge in [0, 0.05) is 39.1 Å². The summed E-state index contributed by atoms with van der Waals surface area (Å²) >= 11 is 0. The van der Waals surface area contributed by atoms with Crippen molar-refractivity contribution in [1.29, 1.82) is 0 Å². The number of carbonyl (C=O) groups is 1. The normalized spacial score (nSPS) is 5.77. The predicted octanol–water partition coefficient (Wildman–Crippen LogP) is 1.33. The Morgan fingerprint density at radius 1 is 1.38 bits per heavy atom. The second-order valence-electron chi connectivity index (χ2n) is 1.58. The van der Waals surface area contributed by atoms with Crippen LogP contribution in [0.1, 0.15) is 26.2 Å². The van der Waals surface area contributed by atoms with Crippen LogP contribution in [0.4, 0.5) is 0 Å². The minimum absolute atomic E-state index is 0. The van der Waals surface area contributed by atoms with Crippen molar-refractivity contribution in [3.63, 3.8) is 0 Å². The third kappa shape index (κ3) is 136. The van der Waals surface area contributed by atoms with Gasteiger partial charge in [-0.1, -0.05) is 6.92 Å². The molecule has 5 heteroatoms. The summed E-state index contributed by atoms with van der Waals surface area (Å²) in [4.78, 5) is 25.8. The molecule has 0 aliphatic rings. The van der Waals surface area contributed by atoms with E-state index in [1.54, 1.807) is 0 Å². The van der Waals surface area contributed by atoms with Crippen molar-refractivity contribution < 1.29 is 52.2 Å². The van der Waals surface area contributed by atoms with Crippen LogP contribution < -0.4 is 0 Å². The molecule has 0 saturated carbocycles. The van der Waals surface area contributed by atoms with Gasteiger partial charge in [0.05, 0.1) is 0 Å². The molecule has 0 atom stereocenters. The van der Waals surface area contributed by atoms with E-state index in [4.69, 9.17) is 14.7 Å². The van der Waals surface area contributed by atoms with Crippen molar-refractivity contribution in [2.75, 3.05) is 0 Å². The van der Waals surface area contributed by atoms with Gasteiger partial charge in [-0.15, -0.1) is 0 Å². The van der Waals surface area contributed by atoms with Crippen molar-refractivity contribution in [3.8, 4) is 0 Å². The van der Waals surface area contributed by atoms with Crippen molar-refractivity contribution in [2.24, 2.45) is 0 Å². The van der Waals surface area contributed by atoms with E-state index in [0.29, 0.717) is 6.42 Å². The second-order valence-corrected chi connectivity index (χ2v) is 1.58. The van der Waals surface area contributed by atoms with Crippen LogP contribution >= 0.6 is 0 Å². The van der Waals surface area contributed by atoms with Crippen LogP contribution in [0.3, 0.4) is 0 Å². The first kappa shape index (κ1) is 23.1. The number of carboxylic acid groups (broad SMARTS) is 1. The Morgan fingerprint density at radius 2 is 1.62 bits per heavy atom. The van der Waals surface area contributed by atoms with Crippen molar-refractivity contribution in [1.82, 2.24) is 0 Å². The maximum atomic E-state index is 9.56. The van der Waals surface area contributed by atoms with Crippen LogP contribution in [-0.4, -0.2) is 17.2 Å². The summed E-state index contributed by atoms with van der Waals surface area (Å²) in [6.07, 6.45) is 1.91. The van der Waals surface area contributed by atoms with E-state index in [2.05, 4.69) is 13.8 Å². The average molecular weight is 263 g/mol. The van der Waals surface area contributed by atoms with Gasteiger partial charge in [0.15, 0.2) is 0 Å². The molecule has 0 amide bonds. The summed E-state index contributed by atoms with van der Waals surface area (Å²) < 4.78 is 0. The Kier molecular flexibility index (Phi) is 52.7. The zero-order valence-electron chi connectivity index (χ0n) is 7.78. The van der Waals surface area contributed by atoms with Gasteiger partial charge >= 0.3 is 12.1 Å². The Bertz CT molecular complexity index is 119. The van der Waals surface area contributed by atoms with Gasteiger partial charge in [-0.3, -0.25) is 4.79 Å². The standard InChI is InChI=1S/C4H7O2.C3H7.CO2.Y/c1-2-3-4(5)6;1-3-2;2-1-3;/h1-3H2,(H,5,6);1,3H2,2H3;;/q2*-1;;. The summed E-state index contributed by atoms with van der Waals surface area (Å²) in [7, 11) is 0. The minimum atomic E-state index is -0.773. The molecule has 13 heavy (non-hydrogen) atoms. The zero-order chi connectivity index (χ0) is 10.4. The first-order valence-corrected chi connectivity index (χ1v) is 3.40. The molecule has 1 N–H and O–H groups in total. The molecule has 0 aliphatic carbocycles. The molecule has 0 bridgehead atoms. The van der Waals surface area contributed by atoms with Gasteiger partial charge in [-0.25, -0.2) is 0 Å². The van der Waals surface area contributed by atoms with Gasteiger partial charge in [0.25, 0.3) is 0 Å². The molecule has 0 aliphatic heterocycles. The number of rotatable bonds is 2. The number of hydrogen-bond acceptors (Lipinski definition) is 3. The third-order valence-electron chi connectivity index (χ3n) is 0.391. The molecular weight excluding hydrogens is 249 g/mol. The fourth-order valence-corrected chi connectivity index (χ4v) is 0.151. The van der Waals surface area contributed by atoms with Crippen LogP contribution in [0, 0.1) is 13.8 Å². The zero-order valence-corrected chi connectivity index (χ0v) is 10.6. The molecule has 0 heterocycles. The Labute approximate surface area is 104 Å². The van der Waals surface area contributed by atoms with Gasteiger partial charge in [-0.05, 0) is 0 Å². The maximum Gasteiger partial charge on any atom is 0.373 e. The van der Waals surface area contributed by atoms with E-state index in [-0.39, 0.29) is 45.3 Å². The summed E-state index contributed by atoms with van der Waals surface area (Å²) in [5.74, 6) is -0.773.